The van der Waals surface area contributed by atoms with Crippen LogP contribution in [0.4, 0.5) is 4.79 Å². The number of urea groups is 1. The molecule has 112 valence electrons. The molecule has 1 heterocycles. The smallest absolute Gasteiger partial charge is 0.315 e. The lowest BCUT2D eigenvalue weighted by Gasteiger charge is -2.07. The number of benzene rings is 1. The summed E-state index contributed by atoms with van der Waals surface area (Å²) in [5.41, 5.74) is 1.30. The highest BCUT2D eigenvalue weighted by molar-refractivity contribution is 7.98. The average Bonchev–Trinajstić information content (AvgIpc) is 2.91. The molecule has 7 heteroatoms. The SMILES string of the molecule is Cn1cnnc1CNC(=O)NCCSCc1ccccc1. The van der Waals surface area contributed by atoms with Crippen molar-refractivity contribution in [2.24, 2.45) is 7.05 Å². The van der Waals surface area contributed by atoms with E-state index in [1.54, 1.807) is 22.7 Å². The van der Waals surface area contributed by atoms with Gasteiger partial charge < -0.3 is 15.2 Å². The molecule has 0 radical (unpaired) electrons. The minimum atomic E-state index is -0.182. The first-order chi connectivity index (χ1) is 10.3. The van der Waals surface area contributed by atoms with Gasteiger partial charge in [0.05, 0.1) is 6.54 Å². The van der Waals surface area contributed by atoms with E-state index in [9.17, 15) is 4.79 Å². The summed E-state index contributed by atoms with van der Waals surface area (Å²) in [5.74, 6) is 2.57. The maximum atomic E-state index is 11.6. The third-order valence-electron chi connectivity index (χ3n) is 2.86. The van der Waals surface area contributed by atoms with Crippen LogP contribution in [0.2, 0.25) is 0 Å². The summed E-state index contributed by atoms with van der Waals surface area (Å²) in [7, 11) is 1.84. The van der Waals surface area contributed by atoms with Gasteiger partial charge in [-0.3, -0.25) is 0 Å². The number of thioether (sulfide) groups is 1. The van der Waals surface area contributed by atoms with Crippen LogP contribution in [-0.4, -0.2) is 33.1 Å². The molecule has 0 fully saturated rings. The second-order valence-electron chi connectivity index (χ2n) is 4.51. The van der Waals surface area contributed by atoms with Gasteiger partial charge in [-0.15, -0.1) is 10.2 Å². The number of carbonyl (C=O) groups excluding carboxylic acids is 1. The van der Waals surface area contributed by atoms with Gasteiger partial charge in [0.2, 0.25) is 0 Å². The van der Waals surface area contributed by atoms with E-state index in [-0.39, 0.29) is 6.03 Å². The lowest BCUT2D eigenvalue weighted by molar-refractivity contribution is 0.241. The zero-order chi connectivity index (χ0) is 14.9. The topological polar surface area (TPSA) is 71.8 Å². The predicted molar refractivity (Wildman–Crippen MR) is 83.8 cm³/mol. The lowest BCUT2D eigenvalue weighted by atomic mass is 10.2. The molecule has 0 bridgehead atoms. The summed E-state index contributed by atoms with van der Waals surface area (Å²) in [6.07, 6.45) is 1.61. The summed E-state index contributed by atoms with van der Waals surface area (Å²) in [5, 5.41) is 13.2. The van der Waals surface area contributed by atoms with Gasteiger partial charge in [-0.1, -0.05) is 30.3 Å². The molecule has 0 unspecified atom stereocenters. The molecular weight excluding hydrogens is 286 g/mol. The fraction of sp³-hybridized carbons (Fsp3) is 0.357. The van der Waals surface area contributed by atoms with E-state index in [1.807, 2.05) is 25.2 Å². The van der Waals surface area contributed by atoms with Crippen molar-refractivity contribution in [2.45, 2.75) is 12.3 Å². The first-order valence-electron chi connectivity index (χ1n) is 6.72. The van der Waals surface area contributed by atoms with Gasteiger partial charge in [0.15, 0.2) is 5.82 Å². The zero-order valence-electron chi connectivity index (χ0n) is 12.0. The number of nitrogens with zero attached hydrogens (tertiary/aromatic N) is 3. The van der Waals surface area contributed by atoms with Crippen molar-refractivity contribution in [2.75, 3.05) is 12.3 Å². The van der Waals surface area contributed by atoms with Crippen LogP contribution in [0.15, 0.2) is 36.7 Å². The minimum absolute atomic E-state index is 0.182. The predicted octanol–water partition coefficient (Wildman–Crippen LogP) is 1.55. The lowest BCUT2D eigenvalue weighted by Crippen LogP contribution is -2.36. The normalized spacial score (nSPS) is 10.3. The van der Waals surface area contributed by atoms with E-state index in [4.69, 9.17) is 0 Å². The Bertz CT molecular complexity index is 558. The summed E-state index contributed by atoms with van der Waals surface area (Å²) >= 11 is 1.80. The van der Waals surface area contributed by atoms with E-state index in [0.717, 1.165) is 17.3 Å². The summed E-state index contributed by atoms with van der Waals surface area (Å²) in [4.78, 5) is 11.6. The van der Waals surface area contributed by atoms with Crippen molar-refractivity contribution in [1.82, 2.24) is 25.4 Å². The number of rotatable bonds is 7. The van der Waals surface area contributed by atoms with Crippen LogP contribution in [0.3, 0.4) is 0 Å². The Morgan fingerprint density at radius 1 is 1.29 bits per heavy atom. The molecule has 0 aliphatic heterocycles. The van der Waals surface area contributed by atoms with Crippen LogP contribution in [0, 0.1) is 0 Å². The van der Waals surface area contributed by atoms with Crippen LogP contribution in [0.1, 0.15) is 11.4 Å². The number of carbonyl (C=O) groups is 1. The molecule has 0 atom stereocenters. The second kappa shape index (κ2) is 8.31. The maximum Gasteiger partial charge on any atom is 0.315 e. The molecule has 2 rings (SSSR count). The van der Waals surface area contributed by atoms with Crippen molar-refractivity contribution >= 4 is 17.8 Å². The number of aromatic nitrogens is 3. The van der Waals surface area contributed by atoms with Crippen LogP contribution in [-0.2, 0) is 19.3 Å². The molecule has 1 aromatic heterocycles. The molecule has 0 aliphatic rings. The highest BCUT2D eigenvalue weighted by atomic mass is 32.2. The van der Waals surface area contributed by atoms with E-state index >= 15 is 0 Å². The molecule has 6 nitrogen and oxygen atoms in total. The Balaban J connectivity index is 1.54. The Morgan fingerprint density at radius 2 is 2.10 bits per heavy atom. The van der Waals surface area contributed by atoms with E-state index < -0.39 is 0 Å². The number of amides is 2. The van der Waals surface area contributed by atoms with Gasteiger partial charge in [0, 0.05) is 25.1 Å². The summed E-state index contributed by atoms with van der Waals surface area (Å²) in [6, 6.07) is 10.1. The number of hydrogen-bond donors (Lipinski definition) is 2. The standard InChI is InChI=1S/C14H19N5OS/c1-19-11-17-18-13(19)9-16-14(20)15-7-8-21-10-12-5-3-2-4-6-12/h2-6,11H,7-10H2,1H3,(H2,15,16,20). The molecule has 0 saturated heterocycles. The van der Waals surface area contributed by atoms with E-state index in [2.05, 4.69) is 33.0 Å². The summed E-state index contributed by atoms with van der Waals surface area (Å²) < 4.78 is 1.77. The number of hydrogen-bond acceptors (Lipinski definition) is 4. The molecule has 0 spiro atoms. The van der Waals surface area contributed by atoms with Gasteiger partial charge in [-0.05, 0) is 5.56 Å². The Labute approximate surface area is 128 Å². The molecule has 1 aromatic carbocycles. The van der Waals surface area contributed by atoms with Crippen molar-refractivity contribution in [1.29, 1.82) is 0 Å². The molecule has 0 aliphatic carbocycles. The fourth-order valence-electron chi connectivity index (χ4n) is 1.69. The molecule has 0 saturated carbocycles. The second-order valence-corrected chi connectivity index (χ2v) is 5.61. The first-order valence-corrected chi connectivity index (χ1v) is 7.87. The summed E-state index contributed by atoms with van der Waals surface area (Å²) in [6.45, 7) is 1.02. The van der Waals surface area contributed by atoms with Gasteiger partial charge >= 0.3 is 6.03 Å². The van der Waals surface area contributed by atoms with Gasteiger partial charge in [0.1, 0.15) is 6.33 Å². The van der Waals surface area contributed by atoms with Crippen LogP contribution < -0.4 is 10.6 Å². The molecule has 2 N–H and O–H groups in total. The van der Waals surface area contributed by atoms with Crippen LogP contribution in [0.5, 0.6) is 0 Å². The van der Waals surface area contributed by atoms with Gasteiger partial charge in [0.25, 0.3) is 0 Å². The number of nitrogens with one attached hydrogen (secondary N) is 2. The van der Waals surface area contributed by atoms with Crippen molar-refractivity contribution in [3.8, 4) is 0 Å². The quantitative estimate of drug-likeness (QED) is 0.761. The van der Waals surface area contributed by atoms with Crippen molar-refractivity contribution in [3.05, 3.63) is 48.0 Å². The Kier molecular flexibility index (Phi) is 6.08. The van der Waals surface area contributed by atoms with Crippen LogP contribution in [0.25, 0.3) is 0 Å². The van der Waals surface area contributed by atoms with Gasteiger partial charge in [-0.25, -0.2) is 4.79 Å². The van der Waals surface area contributed by atoms with Crippen LogP contribution >= 0.6 is 11.8 Å². The third kappa shape index (κ3) is 5.47. The van der Waals surface area contributed by atoms with E-state index in [1.165, 1.54) is 5.56 Å². The third-order valence-corrected chi connectivity index (χ3v) is 3.89. The fourth-order valence-corrected chi connectivity index (χ4v) is 2.51. The van der Waals surface area contributed by atoms with Gasteiger partial charge in [-0.2, -0.15) is 11.8 Å². The Morgan fingerprint density at radius 3 is 2.81 bits per heavy atom. The molecule has 2 amide bonds. The van der Waals surface area contributed by atoms with Crippen molar-refractivity contribution in [3.63, 3.8) is 0 Å². The monoisotopic (exact) mass is 305 g/mol. The Hall–Kier alpha value is -2.02. The highest BCUT2D eigenvalue weighted by Gasteiger charge is 2.03. The van der Waals surface area contributed by atoms with Crippen molar-refractivity contribution < 1.29 is 4.79 Å². The molecular formula is C14H19N5OS. The highest BCUT2D eigenvalue weighted by Crippen LogP contribution is 2.10. The largest absolute Gasteiger partial charge is 0.337 e. The maximum absolute atomic E-state index is 11.6. The minimum Gasteiger partial charge on any atom is -0.337 e. The average molecular weight is 305 g/mol. The number of aryl methyl sites for hydroxylation is 1. The first kappa shape index (κ1) is 15.4. The van der Waals surface area contributed by atoms with E-state index in [0.29, 0.717) is 13.1 Å². The zero-order valence-corrected chi connectivity index (χ0v) is 12.8. The molecule has 21 heavy (non-hydrogen) atoms. The molecule has 2 aromatic rings.